The first-order valence-corrected chi connectivity index (χ1v) is 15.7. The topological polar surface area (TPSA) is 73.2 Å². The molecule has 212 valence electrons. The Morgan fingerprint density at radius 1 is 1.18 bits per heavy atom. The van der Waals surface area contributed by atoms with Gasteiger partial charge in [0, 0.05) is 55.0 Å². The lowest BCUT2D eigenvalue weighted by Gasteiger charge is -2.19. The minimum absolute atomic E-state index is 0.00218. The lowest BCUT2D eigenvalue weighted by Crippen LogP contribution is -2.34. The molecular formula is C32H45N3O3S. The fourth-order valence-electron chi connectivity index (χ4n) is 5.34. The van der Waals surface area contributed by atoms with Gasteiger partial charge in [-0.15, -0.1) is 11.3 Å². The molecule has 0 spiro atoms. The predicted molar refractivity (Wildman–Crippen MR) is 160 cm³/mol. The van der Waals surface area contributed by atoms with Crippen molar-refractivity contribution in [1.82, 2.24) is 14.9 Å². The van der Waals surface area contributed by atoms with Gasteiger partial charge >= 0.3 is 0 Å². The number of hydrogen-bond acceptors (Lipinski definition) is 5. The van der Waals surface area contributed by atoms with Crippen LogP contribution in [0.1, 0.15) is 99.7 Å². The van der Waals surface area contributed by atoms with Crippen molar-refractivity contribution in [3.05, 3.63) is 52.0 Å². The van der Waals surface area contributed by atoms with Crippen LogP contribution in [-0.4, -0.2) is 41.0 Å². The minimum Gasteiger partial charge on any atom is -0.381 e. The predicted octanol–water partition coefficient (Wildman–Crippen LogP) is 7.22. The number of ketones is 1. The maximum Gasteiger partial charge on any atom is 0.223 e. The molecule has 1 amide bonds. The second-order valence-electron chi connectivity index (χ2n) is 11.4. The van der Waals surface area contributed by atoms with E-state index in [4.69, 9.17) is 9.72 Å². The van der Waals surface area contributed by atoms with Gasteiger partial charge in [0.1, 0.15) is 5.82 Å². The van der Waals surface area contributed by atoms with Gasteiger partial charge in [0.05, 0.1) is 11.0 Å². The molecule has 2 aromatic heterocycles. The molecule has 3 aromatic rings. The van der Waals surface area contributed by atoms with E-state index in [1.807, 2.05) is 18.2 Å². The molecule has 0 bridgehead atoms. The van der Waals surface area contributed by atoms with Crippen LogP contribution in [0.2, 0.25) is 0 Å². The first kappa shape index (κ1) is 29.5. The summed E-state index contributed by atoms with van der Waals surface area (Å²) in [6.07, 6.45) is 7.10. The largest absolute Gasteiger partial charge is 0.381 e. The van der Waals surface area contributed by atoms with Crippen molar-refractivity contribution in [3.8, 4) is 0 Å². The molecule has 2 heterocycles. The maximum atomic E-state index is 13.4. The third-order valence-corrected chi connectivity index (χ3v) is 8.55. The van der Waals surface area contributed by atoms with Crippen LogP contribution in [0.5, 0.6) is 0 Å². The van der Waals surface area contributed by atoms with Crippen molar-refractivity contribution in [2.24, 2.45) is 17.8 Å². The Hall–Kier alpha value is -2.51. The lowest BCUT2D eigenvalue weighted by molar-refractivity contribution is -0.125. The summed E-state index contributed by atoms with van der Waals surface area (Å²) in [7, 11) is 0. The number of fused-ring (bicyclic) bond motifs is 1. The Kier molecular flexibility index (Phi) is 10.7. The Balaban J connectivity index is 1.45. The quantitative estimate of drug-likeness (QED) is 0.142. The first-order valence-electron chi connectivity index (χ1n) is 14.8. The van der Waals surface area contributed by atoms with Crippen molar-refractivity contribution in [2.75, 3.05) is 19.8 Å². The highest BCUT2D eigenvalue weighted by atomic mass is 32.1. The molecule has 1 saturated carbocycles. The number of amides is 1. The van der Waals surface area contributed by atoms with E-state index in [-0.39, 0.29) is 24.0 Å². The number of ether oxygens (including phenoxy) is 1. The summed E-state index contributed by atoms with van der Waals surface area (Å²) < 4.78 is 8.05. The molecular weight excluding hydrogens is 506 g/mol. The number of nitrogens with zero attached hydrogens (tertiary/aromatic N) is 2. The monoisotopic (exact) mass is 551 g/mol. The molecule has 1 N–H and O–H groups in total. The van der Waals surface area contributed by atoms with Crippen LogP contribution in [0, 0.1) is 17.8 Å². The molecule has 1 fully saturated rings. The normalized spacial score (nSPS) is 14.4. The smallest absolute Gasteiger partial charge is 0.223 e. The number of imidazole rings is 1. The third kappa shape index (κ3) is 8.24. The van der Waals surface area contributed by atoms with E-state index in [1.165, 1.54) is 17.7 Å². The van der Waals surface area contributed by atoms with Crippen LogP contribution in [0.15, 0.2) is 35.7 Å². The highest BCUT2D eigenvalue weighted by molar-refractivity contribution is 7.09. The number of carbonyl (C=O) groups excluding carboxylic acids is 2. The highest BCUT2D eigenvalue weighted by Crippen LogP contribution is 2.30. The summed E-state index contributed by atoms with van der Waals surface area (Å²) in [4.78, 5) is 32.8. The van der Waals surface area contributed by atoms with Crippen LogP contribution in [0.3, 0.4) is 0 Å². The number of carbonyl (C=O) groups is 2. The van der Waals surface area contributed by atoms with E-state index in [2.05, 4.69) is 55.1 Å². The Morgan fingerprint density at radius 2 is 1.97 bits per heavy atom. The van der Waals surface area contributed by atoms with Crippen LogP contribution >= 0.6 is 11.3 Å². The molecule has 7 heteroatoms. The van der Waals surface area contributed by atoms with Gasteiger partial charge < -0.3 is 14.6 Å². The SMILES string of the molecule is CCC(CC)n1c(Cc2cccs2)nc2cc(C(=O)C[C@@H](CC(C)C)C(=O)NCCCOCC3CC3)ccc21. The zero-order valence-corrected chi connectivity index (χ0v) is 24.9. The van der Waals surface area contributed by atoms with Crippen LogP contribution < -0.4 is 5.32 Å². The van der Waals surface area contributed by atoms with Gasteiger partial charge in [0.2, 0.25) is 5.91 Å². The molecule has 0 unspecified atom stereocenters. The molecule has 1 aliphatic carbocycles. The highest BCUT2D eigenvalue weighted by Gasteiger charge is 2.25. The van der Waals surface area contributed by atoms with Gasteiger partial charge in [-0.3, -0.25) is 9.59 Å². The summed E-state index contributed by atoms with van der Waals surface area (Å²) in [5.41, 5.74) is 2.57. The minimum atomic E-state index is -0.336. The van der Waals surface area contributed by atoms with E-state index >= 15 is 0 Å². The Labute approximate surface area is 237 Å². The van der Waals surface area contributed by atoms with Gasteiger partial charge in [-0.1, -0.05) is 33.8 Å². The molecule has 4 rings (SSSR count). The van der Waals surface area contributed by atoms with Gasteiger partial charge in [0.25, 0.3) is 0 Å². The van der Waals surface area contributed by atoms with E-state index in [1.54, 1.807) is 11.3 Å². The molecule has 1 atom stereocenters. The van der Waals surface area contributed by atoms with Crippen molar-refractivity contribution < 1.29 is 14.3 Å². The summed E-state index contributed by atoms with van der Waals surface area (Å²) >= 11 is 1.75. The molecule has 0 radical (unpaired) electrons. The Morgan fingerprint density at radius 3 is 2.64 bits per heavy atom. The van der Waals surface area contributed by atoms with E-state index in [0.717, 1.165) is 55.1 Å². The van der Waals surface area contributed by atoms with E-state index in [0.29, 0.717) is 37.1 Å². The fourth-order valence-corrected chi connectivity index (χ4v) is 6.04. The van der Waals surface area contributed by atoms with E-state index < -0.39 is 0 Å². The summed E-state index contributed by atoms with van der Waals surface area (Å²) in [5, 5.41) is 5.15. The van der Waals surface area contributed by atoms with Crippen LogP contribution in [0.25, 0.3) is 11.0 Å². The molecule has 39 heavy (non-hydrogen) atoms. The van der Waals surface area contributed by atoms with Crippen LogP contribution in [-0.2, 0) is 16.0 Å². The first-order chi connectivity index (χ1) is 18.9. The number of benzene rings is 1. The third-order valence-electron chi connectivity index (χ3n) is 7.68. The number of nitrogens with one attached hydrogen (secondary N) is 1. The van der Waals surface area contributed by atoms with Gasteiger partial charge in [-0.2, -0.15) is 0 Å². The average Bonchev–Trinajstić information content (AvgIpc) is 3.47. The summed E-state index contributed by atoms with van der Waals surface area (Å²) in [6, 6.07) is 10.5. The second-order valence-corrected chi connectivity index (χ2v) is 12.5. The molecule has 0 saturated heterocycles. The van der Waals surface area contributed by atoms with Crippen molar-refractivity contribution in [1.29, 1.82) is 0 Å². The number of thiophene rings is 1. The average molecular weight is 552 g/mol. The van der Waals surface area contributed by atoms with Gasteiger partial charge in [-0.25, -0.2) is 4.98 Å². The summed E-state index contributed by atoms with van der Waals surface area (Å²) in [5.74, 6) is 1.76. The number of rotatable bonds is 17. The molecule has 1 aliphatic rings. The van der Waals surface area contributed by atoms with Crippen molar-refractivity contribution >= 4 is 34.1 Å². The summed E-state index contributed by atoms with van der Waals surface area (Å²) in [6.45, 7) is 10.7. The number of hydrogen-bond donors (Lipinski definition) is 1. The van der Waals surface area contributed by atoms with Gasteiger partial charge in [-0.05, 0) is 80.0 Å². The standard InChI is InChI=1S/C32H45N3O3S/c1-5-26(6-2)35-29-13-12-24(18-28(29)34-31(35)20-27-9-7-16-39-27)30(36)19-25(17-22(3)4)32(37)33-14-8-15-38-21-23-10-11-23/h7,9,12-13,16,18,22-23,25-26H,5-6,8,10-11,14-15,17,19-21H2,1-4H3,(H,33,37)/t25-/m1/s1. The number of Topliss-reactive ketones (excluding diaryl/α,β-unsaturated/α-hetero) is 1. The maximum absolute atomic E-state index is 13.4. The van der Waals surface area contributed by atoms with E-state index in [9.17, 15) is 9.59 Å². The lowest BCUT2D eigenvalue weighted by atomic mass is 9.89. The second kappa shape index (κ2) is 14.2. The molecule has 1 aromatic carbocycles. The Bertz CT molecular complexity index is 1210. The van der Waals surface area contributed by atoms with Crippen molar-refractivity contribution in [2.45, 2.75) is 85.1 Å². The molecule has 0 aliphatic heterocycles. The van der Waals surface area contributed by atoms with Gasteiger partial charge in [0.15, 0.2) is 5.78 Å². The zero-order chi connectivity index (χ0) is 27.8. The fraction of sp³-hybridized carbons (Fsp3) is 0.594. The van der Waals surface area contributed by atoms with Crippen molar-refractivity contribution in [3.63, 3.8) is 0 Å². The number of aromatic nitrogens is 2. The zero-order valence-electron chi connectivity index (χ0n) is 24.1. The molecule has 6 nitrogen and oxygen atoms in total. The van der Waals surface area contributed by atoms with Crippen LogP contribution in [0.4, 0.5) is 0 Å².